The molecule has 1 aromatic rings. The third-order valence-corrected chi connectivity index (χ3v) is 5.39. The van der Waals surface area contributed by atoms with Crippen molar-refractivity contribution >= 4 is 46.7 Å². The first kappa shape index (κ1) is 18.9. The fraction of sp³-hybridized carbons (Fsp3) is 0.471. The largest absolute Gasteiger partial charge is 0.337 e. The average molecular weight is 399 g/mol. The molecule has 0 unspecified atom stereocenters. The highest BCUT2D eigenvalue weighted by atomic mass is 35.5. The highest BCUT2D eigenvalue weighted by Crippen LogP contribution is 2.29. The van der Waals surface area contributed by atoms with Gasteiger partial charge < -0.3 is 15.5 Å². The molecule has 0 saturated carbocycles. The molecule has 3 rings (SSSR count). The lowest BCUT2D eigenvalue weighted by Crippen LogP contribution is -2.52. The molecule has 2 aliphatic rings. The number of benzene rings is 1. The monoisotopic (exact) mass is 398 g/mol. The number of rotatable bonds is 4. The smallest absolute Gasteiger partial charge is 0.329 e. The standard InChI is InChI=1S/C17H20Cl2N4O3/c1-10-9-20-6-7-22(10)15(24)5-4-14-16(25)23(17(26)21-14)11-2-3-12(18)13(19)8-11/h2-3,8,10,14,20H,4-7,9H2,1H3,(H,21,26)/t10-,14-/m0/s1. The molecule has 0 radical (unpaired) electrons. The average Bonchev–Trinajstić information content (AvgIpc) is 2.89. The molecule has 4 amide bonds. The molecule has 9 heteroatoms. The Bertz CT molecular complexity index is 743. The van der Waals surface area contributed by atoms with Gasteiger partial charge in [-0.25, -0.2) is 9.69 Å². The van der Waals surface area contributed by atoms with E-state index < -0.39 is 18.0 Å². The van der Waals surface area contributed by atoms with E-state index in [1.165, 1.54) is 12.1 Å². The van der Waals surface area contributed by atoms with Gasteiger partial charge in [0.2, 0.25) is 5.91 Å². The first-order chi connectivity index (χ1) is 12.4. The van der Waals surface area contributed by atoms with Crippen LogP contribution in [0, 0.1) is 0 Å². The van der Waals surface area contributed by atoms with Gasteiger partial charge in [-0.1, -0.05) is 23.2 Å². The summed E-state index contributed by atoms with van der Waals surface area (Å²) in [6.45, 7) is 4.16. The Kier molecular flexibility index (Phi) is 5.70. The molecule has 2 fully saturated rings. The van der Waals surface area contributed by atoms with E-state index in [1.807, 2.05) is 11.8 Å². The van der Waals surface area contributed by atoms with Crippen LogP contribution in [0.4, 0.5) is 10.5 Å². The number of carbonyl (C=O) groups excluding carboxylic acids is 3. The van der Waals surface area contributed by atoms with Crippen LogP contribution in [0.15, 0.2) is 18.2 Å². The van der Waals surface area contributed by atoms with Crippen molar-refractivity contribution in [3.05, 3.63) is 28.2 Å². The molecule has 2 aliphatic heterocycles. The molecule has 0 spiro atoms. The summed E-state index contributed by atoms with van der Waals surface area (Å²) in [5.41, 5.74) is 0.353. The molecule has 0 aliphatic carbocycles. The summed E-state index contributed by atoms with van der Waals surface area (Å²) in [5.74, 6) is -0.399. The van der Waals surface area contributed by atoms with Crippen molar-refractivity contribution < 1.29 is 14.4 Å². The highest BCUT2D eigenvalue weighted by molar-refractivity contribution is 6.42. The van der Waals surface area contributed by atoms with Crippen molar-refractivity contribution in [2.75, 3.05) is 24.5 Å². The van der Waals surface area contributed by atoms with E-state index in [0.717, 1.165) is 18.0 Å². The molecule has 140 valence electrons. The molecule has 2 atom stereocenters. The number of hydrogen-bond acceptors (Lipinski definition) is 4. The summed E-state index contributed by atoms with van der Waals surface area (Å²) in [7, 11) is 0. The van der Waals surface area contributed by atoms with Crippen LogP contribution in [0.25, 0.3) is 0 Å². The Labute approximate surface area is 161 Å². The number of nitrogens with zero attached hydrogens (tertiary/aromatic N) is 2. The van der Waals surface area contributed by atoms with Gasteiger partial charge in [-0.15, -0.1) is 0 Å². The summed E-state index contributed by atoms with van der Waals surface area (Å²) in [6.07, 6.45) is 0.466. The van der Waals surface area contributed by atoms with Crippen molar-refractivity contribution in [3.8, 4) is 0 Å². The quantitative estimate of drug-likeness (QED) is 0.760. The topological polar surface area (TPSA) is 81.8 Å². The SMILES string of the molecule is C[C@H]1CNCCN1C(=O)CC[C@@H]1NC(=O)N(c2ccc(Cl)c(Cl)c2)C1=O. The highest BCUT2D eigenvalue weighted by Gasteiger charge is 2.39. The summed E-state index contributed by atoms with van der Waals surface area (Å²) < 4.78 is 0. The maximum Gasteiger partial charge on any atom is 0.329 e. The van der Waals surface area contributed by atoms with Crippen molar-refractivity contribution in [2.24, 2.45) is 0 Å². The molecule has 0 bridgehead atoms. The minimum Gasteiger partial charge on any atom is -0.337 e. The zero-order valence-electron chi connectivity index (χ0n) is 14.3. The second-order valence-electron chi connectivity index (χ2n) is 6.45. The van der Waals surface area contributed by atoms with Crippen molar-refractivity contribution in [2.45, 2.75) is 31.8 Å². The normalized spacial score (nSPS) is 23.3. The number of halogens is 2. The van der Waals surface area contributed by atoms with E-state index in [1.54, 1.807) is 6.07 Å². The molecule has 7 nitrogen and oxygen atoms in total. The number of hydrogen-bond donors (Lipinski definition) is 2. The molecule has 1 aromatic carbocycles. The Morgan fingerprint density at radius 1 is 1.27 bits per heavy atom. The number of amides is 4. The van der Waals surface area contributed by atoms with Crippen molar-refractivity contribution in [1.29, 1.82) is 0 Å². The van der Waals surface area contributed by atoms with Crippen LogP contribution in [0.3, 0.4) is 0 Å². The van der Waals surface area contributed by atoms with Gasteiger partial charge in [0.25, 0.3) is 5.91 Å². The first-order valence-corrected chi connectivity index (χ1v) is 9.24. The zero-order valence-corrected chi connectivity index (χ0v) is 15.8. The fourth-order valence-electron chi connectivity index (χ4n) is 3.22. The van der Waals surface area contributed by atoms with Gasteiger partial charge in [0.1, 0.15) is 6.04 Å². The number of imide groups is 1. The zero-order chi connectivity index (χ0) is 18.8. The van der Waals surface area contributed by atoms with Crippen LogP contribution in [0.1, 0.15) is 19.8 Å². The number of urea groups is 1. The lowest BCUT2D eigenvalue weighted by atomic mass is 10.1. The van der Waals surface area contributed by atoms with Gasteiger partial charge in [-0.2, -0.15) is 0 Å². The third kappa shape index (κ3) is 3.79. The van der Waals surface area contributed by atoms with E-state index in [2.05, 4.69) is 10.6 Å². The minimum absolute atomic E-state index is 0.00552. The second-order valence-corrected chi connectivity index (χ2v) is 7.27. The lowest BCUT2D eigenvalue weighted by Gasteiger charge is -2.34. The molecule has 2 saturated heterocycles. The molecule has 0 aromatic heterocycles. The van der Waals surface area contributed by atoms with E-state index in [4.69, 9.17) is 23.2 Å². The summed E-state index contributed by atoms with van der Waals surface area (Å²) in [5, 5.41) is 6.47. The van der Waals surface area contributed by atoms with Crippen molar-refractivity contribution in [3.63, 3.8) is 0 Å². The maximum absolute atomic E-state index is 12.6. The summed E-state index contributed by atoms with van der Waals surface area (Å²) in [6, 6.07) is 3.43. The van der Waals surface area contributed by atoms with E-state index in [0.29, 0.717) is 17.3 Å². The summed E-state index contributed by atoms with van der Waals surface area (Å²) >= 11 is 11.8. The van der Waals surface area contributed by atoms with Gasteiger partial charge in [-0.3, -0.25) is 9.59 Å². The molecular formula is C17H20Cl2N4O3. The third-order valence-electron chi connectivity index (χ3n) is 4.65. The van der Waals surface area contributed by atoms with Gasteiger partial charge in [-0.05, 0) is 31.5 Å². The number of piperazine rings is 1. The Hall–Kier alpha value is -1.83. The van der Waals surface area contributed by atoms with E-state index in [9.17, 15) is 14.4 Å². The molecule has 2 heterocycles. The minimum atomic E-state index is -0.723. The van der Waals surface area contributed by atoms with E-state index >= 15 is 0 Å². The van der Waals surface area contributed by atoms with Crippen LogP contribution < -0.4 is 15.5 Å². The first-order valence-electron chi connectivity index (χ1n) is 8.48. The number of carbonyl (C=O) groups is 3. The van der Waals surface area contributed by atoms with E-state index in [-0.39, 0.29) is 29.8 Å². The fourth-order valence-corrected chi connectivity index (χ4v) is 3.51. The lowest BCUT2D eigenvalue weighted by molar-refractivity contribution is -0.134. The van der Waals surface area contributed by atoms with Crippen LogP contribution in [0.5, 0.6) is 0 Å². The van der Waals surface area contributed by atoms with Crippen LogP contribution >= 0.6 is 23.2 Å². The van der Waals surface area contributed by atoms with Gasteiger partial charge in [0.05, 0.1) is 15.7 Å². The van der Waals surface area contributed by atoms with Crippen LogP contribution in [-0.2, 0) is 9.59 Å². The van der Waals surface area contributed by atoms with Gasteiger partial charge in [0, 0.05) is 32.1 Å². The second kappa shape index (κ2) is 7.82. The van der Waals surface area contributed by atoms with Crippen LogP contribution in [-0.4, -0.2) is 54.5 Å². The molecule has 2 N–H and O–H groups in total. The predicted octanol–water partition coefficient (Wildman–Crippen LogP) is 2.02. The molecule has 26 heavy (non-hydrogen) atoms. The van der Waals surface area contributed by atoms with Gasteiger partial charge in [0.15, 0.2) is 0 Å². The number of anilines is 1. The molecular weight excluding hydrogens is 379 g/mol. The van der Waals surface area contributed by atoms with Crippen LogP contribution in [0.2, 0.25) is 10.0 Å². The Balaban J connectivity index is 1.63. The predicted molar refractivity (Wildman–Crippen MR) is 99.5 cm³/mol. The van der Waals surface area contributed by atoms with Gasteiger partial charge >= 0.3 is 6.03 Å². The number of nitrogens with one attached hydrogen (secondary N) is 2. The Morgan fingerprint density at radius 2 is 2.04 bits per heavy atom. The summed E-state index contributed by atoms with van der Waals surface area (Å²) in [4.78, 5) is 40.1. The Morgan fingerprint density at radius 3 is 2.73 bits per heavy atom. The maximum atomic E-state index is 12.6. The van der Waals surface area contributed by atoms with Crippen molar-refractivity contribution in [1.82, 2.24) is 15.5 Å².